The van der Waals surface area contributed by atoms with Crippen LogP contribution in [0.4, 0.5) is 0 Å². The monoisotopic (exact) mass is 268 g/mol. The number of hydrogen-bond donors (Lipinski definition) is 0. The van der Waals surface area contributed by atoms with Gasteiger partial charge in [-0.2, -0.15) is 4.37 Å². The lowest BCUT2D eigenvalue weighted by Crippen LogP contribution is -2.31. The van der Waals surface area contributed by atoms with Crippen LogP contribution in [0.3, 0.4) is 0 Å². The van der Waals surface area contributed by atoms with Gasteiger partial charge < -0.3 is 9.64 Å². The van der Waals surface area contributed by atoms with Gasteiger partial charge in [0.15, 0.2) is 6.23 Å². The molecule has 1 aromatic rings. The van der Waals surface area contributed by atoms with Crippen LogP contribution in [-0.2, 0) is 0 Å². The smallest absolute Gasteiger partial charge is 0.255 e. The molecule has 1 atom stereocenters. The predicted octanol–water partition coefficient (Wildman–Crippen LogP) is 1.54. The molecule has 0 spiro atoms. The Morgan fingerprint density at radius 1 is 1.44 bits per heavy atom. The fourth-order valence-corrected chi connectivity index (χ4v) is 2.31. The zero-order valence-corrected chi connectivity index (χ0v) is 12.2. The molecular weight excluding hydrogens is 248 g/mol. The molecular formula is C12H20N4OS. The minimum atomic E-state index is -0.00503. The highest BCUT2D eigenvalue weighted by molar-refractivity contribution is 6.99. The fourth-order valence-electron chi connectivity index (χ4n) is 1.79. The molecule has 1 unspecified atom stereocenters. The maximum atomic E-state index is 5.84. The van der Waals surface area contributed by atoms with E-state index in [9.17, 15) is 0 Å². The Morgan fingerprint density at radius 2 is 2.22 bits per heavy atom. The van der Waals surface area contributed by atoms with Crippen molar-refractivity contribution in [1.29, 1.82) is 0 Å². The number of hydrogen-bond acceptors (Lipinski definition) is 6. The Morgan fingerprint density at radius 3 is 2.89 bits per heavy atom. The number of rotatable bonds is 4. The average molecular weight is 268 g/mol. The molecule has 5 nitrogen and oxygen atoms in total. The second-order valence-electron chi connectivity index (χ2n) is 4.85. The zero-order valence-electron chi connectivity index (χ0n) is 11.4. The molecule has 0 bridgehead atoms. The Labute approximate surface area is 112 Å². The molecule has 0 aliphatic carbocycles. The van der Waals surface area contributed by atoms with Crippen LogP contribution < -0.4 is 4.74 Å². The van der Waals surface area contributed by atoms with Gasteiger partial charge in [-0.15, -0.1) is 4.37 Å². The molecule has 0 saturated heterocycles. The Balaban J connectivity index is 2.15. The molecule has 18 heavy (non-hydrogen) atoms. The van der Waals surface area contributed by atoms with Crippen molar-refractivity contribution >= 4 is 17.3 Å². The maximum Gasteiger partial charge on any atom is 0.255 e. The summed E-state index contributed by atoms with van der Waals surface area (Å²) in [6.45, 7) is 4.02. The molecule has 0 radical (unpaired) electrons. The zero-order chi connectivity index (χ0) is 13.1. The van der Waals surface area contributed by atoms with Crippen LogP contribution in [0.25, 0.3) is 5.57 Å². The van der Waals surface area contributed by atoms with Crippen LogP contribution in [0.5, 0.6) is 5.88 Å². The average Bonchev–Trinajstić information content (AvgIpc) is 2.77. The van der Waals surface area contributed by atoms with Crippen molar-refractivity contribution in [2.45, 2.75) is 19.6 Å². The topological polar surface area (TPSA) is 41.5 Å². The first-order valence-electron chi connectivity index (χ1n) is 6.11. The van der Waals surface area contributed by atoms with Crippen LogP contribution in [0.1, 0.15) is 19.0 Å². The molecule has 1 aliphatic rings. The summed E-state index contributed by atoms with van der Waals surface area (Å²) in [5.41, 5.74) is 2.12. The van der Waals surface area contributed by atoms with Crippen molar-refractivity contribution in [1.82, 2.24) is 18.5 Å². The minimum absolute atomic E-state index is 0.00503. The first-order chi connectivity index (χ1) is 8.58. The van der Waals surface area contributed by atoms with Gasteiger partial charge >= 0.3 is 0 Å². The molecule has 1 aromatic heterocycles. The first-order valence-corrected chi connectivity index (χ1v) is 6.84. The minimum Gasteiger partial charge on any atom is -0.456 e. The van der Waals surface area contributed by atoms with Gasteiger partial charge in [-0.25, -0.2) is 0 Å². The molecule has 6 heteroatoms. The summed E-state index contributed by atoms with van der Waals surface area (Å²) in [6.07, 6.45) is 3.30. The molecule has 0 amide bonds. The summed E-state index contributed by atoms with van der Waals surface area (Å²) in [4.78, 5) is 4.29. The summed E-state index contributed by atoms with van der Waals surface area (Å²) >= 11 is 1.21. The number of aromatic nitrogens is 2. The standard InChI is InChI=1S/C12H20N4OS/c1-9(15(2)3)17-12-11(13-18-14-12)10-6-5-7-16(4)8-10/h6,9H,5,7-8H2,1-4H3. The van der Waals surface area contributed by atoms with Crippen LogP contribution in [0.2, 0.25) is 0 Å². The second kappa shape index (κ2) is 5.77. The van der Waals surface area contributed by atoms with Crippen molar-refractivity contribution < 1.29 is 4.74 Å². The van der Waals surface area contributed by atoms with Crippen LogP contribution in [-0.4, -0.2) is 59.0 Å². The van der Waals surface area contributed by atoms with E-state index < -0.39 is 0 Å². The normalized spacial score (nSPS) is 18.8. The summed E-state index contributed by atoms with van der Waals surface area (Å²) in [5, 5.41) is 0. The van der Waals surface area contributed by atoms with Gasteiger partial charge in [-0.3, -0.25) is 4.90 Å². The van der Waals surface area contributed by atoms with Gasteiger partial charge in [0.1, 0.15) is 5.69 Å². The van der Waals surface area contributed by atoms with Crippen LogP contribution in [0, 0.1) is 0 Å². The van der Waals surface area contributed by atoms with Crippen molar-refractivity contribution in [3.05, 3.63) is 11.8 Å². The number of likely N-dealkylation sites (N-methyl/N-ethyl adjacent to an activating group) is 1. The summed E-state index contributed by atoms with van der Waals surface area (Å²) < 4.78 is 14.5. The van der Waals surface area contributed by atoms with E-state index in [1.165, 1.54) is 17.3 Å². The Kier molecular flexibility index (Phi) is 4.31. The lowest BCUT2D eigenvalue weighted by molar-refractivity contribution is 0.0773. The predicted molar refractivity (Wildman–Crippen MR) is 73.8 cm³/mol. The van der Waals surface area contributed by atoms with Crippen molar-refractivity contribution in [3.63, 3.8) is 0 Å². The summed E-state index contributed by atoms with van der Waals surface area (Å²) in [5.74, 6) is 0.655. The third-order valence-electron chi connectivity index (χ3n) is 3.11. The van der Waals surface area contributed by atoms with E-state index in [4.69, 9.17) is 4.74 Å². The Hall–Kier alpha value is -0.980. The van der Waals surface area contributed by atoms with E-state index in [1.54, 1.807) is 0 Å². The largest absolute Gasteiger partial charge is 0.456 e. The molecule has 1 aliphatic heterocycles. The highest BCUT2D eigenvalue weighted by Gasteiger charge is 2.20. The van der Waals surface area contributed by atoms with E-state index in [0.717, 1.165) is 25.2 Å². The van der Waals surface area contributed by atoms with Crippen LogP contribution in [0.15, 0.2) is 6.08 Å². The molecule has 0 saturated carbocycles. The first kappa shape index (κ1) is 13.5. The van der Waals surface area contributed by atoms with E-state index in [-0.39, 0.29) is 6.23 Å². The van der Waals surface area contributed by atoms with E-state index >= 15 is 0 Å². The van der Waals surface area contributed by atoms with Crippen LogP contribution >= 0.6 is 11.7 Å². The van der Waals surface area contributed by atoms with Gasteiger partial charge in [0.05, 0.1) is 11.7 Å². The second-order valence-corrected chi connectivity index (χ2v) is 5.38. The molecule has 100 valence electrons. The summed E-state index contributed by atoms with van der Waals surface area (Å²) in [6, 6.07) is 0. The van der Waals surface area contributed by atoms with E-state index in [0.29, 0.717) is 5.88 Å². The number of ether oxygens (including phenoxy) is 1. The third kappa shape index (κ3) is 3.07. The van der Waals surface area contributed by atoms with Crippen molar-refractivity contribution in [2.24, 2.45) is 0 Å². The van der Waals surface area contributed by atoms with Gasteiger partial charge in [-0.1, -0.05) is 6.08 Å². The van der Waals surface area contributed by atoms with Gasteiger partial charge in [-0.05, 0) is 40.1 Å². The Bertz CT molecular complexity index is 429. The van der Waals surface area contributed by atoms with E-state index in [2.05, 4.69) is 26.8 Å². The highest BCUT2D eigenvalue weighted by Crippen LogP contribution is 2.27. The number of nitrogens with zero attached hydrogens (tertiary/aromatic N) is 4. The fraction of sp³-hybridized carbons (Fsp3) is 0.667. The molecule has 0 aromatic carbocycles. The molecule has 2 rings (SSSR count). The van der Waals surface area contributed by atoms with Gasteiger partial charge in [0, 0.05) is 13.1 Å². The van der Waals surface area contributed by atoms with Gasteiger partial charge in [0.25, 0.3) is 5.88 Å². The lowest BCUT2D eigenvalue weighted by atomic mass is 10.1. The van der Waals surface area contributed by atoms with E-state index in [1.807, 2.05) is 25.9 Å². The molecule has 0 fully saturated rings. The quantitative estimate of drug-likeness (QED) is 0.775. The molecule has 2 heterocycles. The summed E-state index contributed by atoms with van der Waals surface area (Å²) in [7, 11) is 6.09. The third-order valence-corrected chi connectivity index (χ3v) is 3.63. The lowest BCUT2D eigenvalue weighted by Gasteiger charge is -2.23. The maximum absolute atomic E-state index is 5.84. The SMILES string of the molecule is CC(Oc1nsnc1C1=CCCN(C)C1)N(C)C. The van der Waals surface area contributed by atoms with Gasteiger partial charge in [0.2, 0.25) is 0 Å². The van der Waals surface area contributed by atoms with Crippen molar-refractivity contribution in [3.8, 4) is 5.88 Å². The highest BCUT2D eigenvalue weighted by atomic mass is 32.1. The molecule has 0 N–H and O–H groups in total. The van der Waals surface area contributed by atoms with Crippen molar-refractivity contribution in [2.75, 3.05) is 34.2 Å².